The van der Waals surface area contributed by atoms with Gasteiger partial charge in [0, 0.05) is 43.7 Å². The van der Waals surface area contributed by atoms with Gasteiger partial charge in [-0.05, 0) is 69.3 Å². The molecule has 0 saturated carbocycles. The van der Waals surface area contributed by atoms with Gasteiger partial charge >= 0.3 is 0 Å². The van der Waals surface area contributed by atoms with Crippen molar-refractivity contribution in [1.29, 1.82) is 0 Å². The second-order valence-corrected chi connectivity index (χ2v) is 8.36. The number of nitrogens with two attached hydrogens (primary N) is 1. The molecule has 0 fully saturated rings. The van der Waals surface area contributed by atoms with Gasteiger partial charge in [-0.3, -0.25) is 14.6 Å². The van der Waals surface area contributed by atoms with Crippen LogP contribution in [0.5, 0.6) is 5.75 Å². The van der Waals surface area contributed by atoms with E-state index in [-0.39, 0.29) is 22.7 Å². The second-order valence-electron chi connectivity index (χ2n) is 8.36. The molecule has 9 heteroatoms. The lowest BCUT2D eigenvalue weighted by molar-refractivity contribution is -0.113. The maximum Gasteiger partial charge on any atom is 0.258 e. The average molecular weight is 494 g/mol. The maximum absolute atomic E-state index is 15.0. The fraction of sp³-hybridized carbons (Fsp3) is 0.333. The molecule has 0 atom stereocenters. The number of hydrogen-bond acceptors (Lipinski definition) is 7. The van der Waals surface area contributed by atoms with Crippen molar-refractivity contribution in [1.82, 2.24) is 14.9 Å². The lowest BCUT2D eigenvalue weighted by Gasteiger charge is -2.12. The van der Waals surface area contributed by atoms with Gasteiger partial charge in [0.15, 0.2) is 17.4 Å². The number of pyridine rings is 2. The number of hydrogen-bond donors (Lipinski definition) is 2. The molecular formula is C27H32FN5O3. The summed E-state index contributed by atoms with van der Waals surface area (Å²) in [6, 6.07) is 7.97. The van der Waals surface area contributed by atoms with Gasteiger partial charge in [0.1, 0.15) is 5.82 Å². The quantitative estimate of drug-likeness (QED) is 0.236. The molecule has 2 aromatic heterocycles. The third kappa shape index (κ3) is 6.16. The van der Waals surface area contributed by atoms with Gasteiger partial charge in [0.2, 0.25) is 0 Å². The minimum absolute atomic E-state index is 0.0164. The van der Waals surface area contributed by atoms with Crippen molar-refractivity contribution >= 4 is 28.6 Å². The van der Waals surface area contributed by atoms with Crippen LogP contribution in [-0.4, -0.2) is 41.7 Å². The summed E-state index contributed by atoms with van der Waals surface area (Å²) in [6.07, 6.45) is 4.85. The third-order valence-electron chi connectivity index (χ3n) is 5.86. The van der Waals surface area contributed by atoms with Crippen molar-refractivity contribution in [3.63, 3.8) is 0 Å². The molecule has 36 heavy (non-hydrogen) atoms. The lowest BCUT2D eigenvalue weighted by Crippen LogP contribution is -2.22. The first-order valence-corrected chi connectivity index (χ1v) is 11.9. The van der Waals surface area contributed by atoms with Gasteiger partial charge in [-0.1, -0.05) is 0 Å². The Labute approximate surface area is 209 Å². The number of nitrogens with zero attached hydrogens (tertiary/aromatic N) is 3. The van der Waals surface area contributed by atoms with Crippen LogP contribution in [0.3, 0.4) is 0 Å². The Morgan fingerprint density at radius 1 is 1.25 bits per heavy atom. The minimum atomic E-state index is -0.546. The van der Waals surface area contributed by atoms with E-state index < -0.39 is 5.82 Å². The molecule has 0 bridgehead atoms. The normalized spacial score (nSPS) is 12.1. The summed E-state index contributed by atoms with van der Waals surface area (Å²) < 4.78 is 22.0. The largest absolute Gasteiger partial charge is 0.490 e. The first-order valence-electron chi connectivity index (χ1n) is 11.9. The molecular weight excluding hydrogens is 461 g/mol. The number of unbranched alkanes of at least 4 members (excludes halogenated alkanes) is 1. The Bertz CT molecular complexity index is 1380. The van der Waals surface area contributed by atoms with Crippen LogP contribution in [0.4, 0.5) is 10.2 Å². The Kier molecular flexibility index (Phi) is 8.94. The predicted octanol–water partition coefficient (Wildman–Crippen LogP) is 4.12. The summed E-state index contributed by atoms with van der Waals surface area (Å²) in [4.78, 5) is 32.9. The molecule has 0 saturated heterocycles. The van der Waals surface area contributed by atoms with E-state index in [1.165, 1.54) is 13.0 Å². The number of carbonyl (C=O) groups excluding carboxylic acids is 1. The summed E-state index contributed by atoms with van der Waals surface area (Å²) in [5.74, 6) is 0.0627. The van der Waals surface area contributed by atoms with Gasteiger partial charge in [0.05, 0.1) is 23.4 Å². The predicted molar refractivity (Wildman–Crippen MR) is 142 cm³/mol. The van der Waals surface area contributed by atoms with Gasteiger partial charge in [-0.15, -0.1) is 0 Å². The van der Waals surface area contributed by atoms with Crippen LogP contribution < -0.4 is 21.3 Å². The molecule has 3 N–H and O–H groups in total. The molecule has 8 nitrogen and oxygen atoms in total. The van der Waals surface area contributed by atoms with Crippen LogP contribution in [0.15, 0.2) is 57.6 Å². The van der Waals surface area contributed by atoms with Crippen molar-refractivity contribution < 1.29 is 13.9 Å². The zero-order valence-corrected chi connectivity index (χ0v) is 21.1. The highest BCUT2D eigenvalue weighted by Gasteiger charge is 2.13. The Morgan fingerprint density at radius 2 is 2.03 bits per heavy atom. The Morgan fingerprint density at radius 3 is 2.69 bits per heavy atom. The number of allylic oxidation sites excluding steroid dienone is 2. The molecule has 0 unspecified atom stereocenters. The number of fused-ring (bicyclic) bond motifs is 1. The molecule has 0 aliphatic rings. The van der Waals surface area contributed by atoms with E-state index in [0.717, 1.165) is 12.8 Å². The number of anilines is 1. The monoisotopic (exact) mass is 493 g/mol. The van der Waals surface area contributed by atoms with E-state index in [0.29, 0.717) is 53.2 Å². The standard InChI is InChI=1S/C27H32FN5O3/c1-5-36-25-9-8-23(32-26(25)29)21-14-19-10-13-33(27(35)20(19)15-22(21)28)12-7-6-11-31-24(16-30-4)17(2)18(3)34/h8-10,13-16,31H,5-7,11-12H2,1-4H3,(H2,29,32)/b24-17+,30-16-. The number of aryl methyl sites for hydroxylation is 1. The molecule has 0 aliphatic carbocycles. The van der Waals surface area contributed by atoms with Gasteiger partial charge in [-0.2, -0.15) is 0 Å². The zero-order valence-electron chi connectivity index (χ0n) is 21.1. The Hall–Kier alpha value is -4.01. The highest BCUT2D eigenvalue weighted by Crippen LogP contribution is 2.29. The van der Waals surface area contributed by atoms with Crippen molar-refractivity contribution in [2.45, 2.75) is 40.2 Å². The summed E-state index contributed by atoms with van der Waals surface area (Å²) in [7, 11) is 1.65. The van der Waals surface area contributed by atoms with Crippen LogP contribution in [0.1, 0.15) is 33.6 Å². The number of halogens is 1. The molecule has 2 heterocycles. The van der Waals surface area contributed by atoms with E-state index in [9.17, 15) is 9.59 Å². The third-order valence-corrected chi connectivity index (χ3v) is 5.86. The number of aromatic nitrogens is 2. The number of benzene rings is 1. The van der Waals surface area contributed by atoms with E-state index in [1.807, 2.05) is 6.92 Å². The van der Waals surface area contributed by atoms with Crippen LogP contribution in [0, 0.1) is 5.82 Å². The van der Waals surface area contributed by atoms with E-state index in [4.69, 9.17) is 10.5 Å². The number of ether oxygens (including phenoxy) is 1. The topological polar surface area (TPSA) is 112 Å². The van der Waals surface area contributed by atoms with Crippen molar-refractivity contribution in [3.05, 3.63) is 64.0 Å². The van der Waals surface area contributed by atoms with Gasteiger partial charge < -0.3 is 20.4 Å². The molecule has 3 rings (SSSR count). The van der Waals surface area contributed by atoms with E-state index in [2.05, 4.69) is 15.3 Å². The summed E-state index contributed by atoms with van der Waals surface area (Å²) in [6.45, 7) is 6.68. The van der Waals surface area contributed by atoms with Crippen LogP contribution in [-0.2, 0) is 11.3 Å². The number of ketones is 1. The van der Waals surface area contributed by atoms with Crippen LogP contribution in [0.2, 0.25) is 0 Å². The summed E-state index contributed by atoms with van der Waals surface area (Å²) in [5.41, 5.74) is 7.64. The number of carbonyl (C=O) groups is 1. The molecule has 0 amide bonds. The first kappa shape index (κ1) is 26.6. The summed E-state index contributed by atoms with van der Waals surface area (Å²) >= 11 is 0. The fourth-order valence-corrected chi connectivity index (χ4v) is 3.79. The second kappa shape index (κ2) is 12.1. The lowest BCUT2D eigenvalue weighted by atomic mass is 10.0. The molecule has 1 aromatic carbocycles. The number of nitrogens with one attached hydrogen (secondary N) is 1. The SMILES string of the molecule is CCOc1ccc(-c2cc3ccn(CCCCNC(/C=N\C)=C(\C)C(C)=O)c(=O)c3cc2F)nc1N. The Balaban J connectivity index is 1.73. The molecule has 0 radical (unpaired) electrons. The van der Waals surface area contributed by atoms with E-state index >= 15 is 4.39 Å². The maximum atomic E-state index is 15.0. The van der Waals surface area contributed by atoms with Crippen molar-refractivity contribution in [2.24, 2.45) is 4.99 Å². The molecule has 0 aliphatic heterocycles. The first-order chi connectivity index (χ1) is 17.3. The van der Waals surface area contributed by atoms with Crippen molar-refractivity contribution in [3.8, 4) is 17.0 Å². The van der Waals surface area contributed by atoms with Crippen LogP contribution >= 0.6 is 0 Å². The number of Topliss-reactive ketones (excluding diaryl/α,β-unsaturated/α-hetero) is 1. The smallest absolute Gasteiger partial charge is 0.258 e. The summed E-state index contributed by atoms with van der Waals surface area (Å²) in [5, 5.41) is 4.15. The molecule has 190 valence electrons. The van der Waals surface area contributed by atoms with Gasteiger partial charge in [-0.25, -0.2) is 9.37 Å². The highest BCUT2D eigenvalue weighted by atomic mass is 19.1. The number of rotatable bonds is 11. The average Bonchev–Trinajstić information content (AvgIpc) is 2.85. The fourth-order valence-electron chi connectivity index (χ4n) is 3.79. The molecule has 3 aromatic rings. The van der Waals surface area contributed by atoms with Gasteiger partial charge in [0.25, 0.3) is 5.56 Å². The van der Waals surface area contributed by atoms with Crippen LogP contribution in [0.25, 0.3) is 22.0 Å². The molecule has 0 spiro atoms. The van der Waals surface area contributed by atoms with Crippen molar-refractivity contribution in [2.75, 3.05) is 25.9 Å². The zero-order chi connectivity index (χ0) is 26.2. The minimum Gasteiger partial charge on any atom is -0.490 e. The highest BCUT2D eigenvalue weighted by molar-refractivity contribution is 5.98. The number of aliphatic imine (C=N–C) groups is 1. The number of nitrogen functional groups attached to an aromatic ring is 1. The van der Waals surface area contributed by atoms with E-state index in [1.54, 1.807) is 55.2 Å².